The first-order chi connectivity index (χ1) is 8.40. The number of carbonyl (C=O) groups is 1. The lowest BCUT2D eigenvalue weighted by Gasteiger charge is -2.20. The SMILES string of the molecule is Cc1ccc(NC(=O)N(C)CCN(C)C)c(C)c1. The van der Waals surface area contributed by atoms with Crippen molar-refractivity contribution < 1.29 is 4.79 Å². The number of amides is 2. The van der Waals surface area contributed by atoms with Crippen molar-refractivity contribution in [3.8, 4) is 0 Å². The fourth-order valence-electron chi connectivity index (χ4n) is 1.62. The maximum absolute atomic E-state index is 12.0. The van der Waals surface area contributed by atoms with Gasteiger partial charge in [-0.3, -0.25) is 0 Å². The topological polar surface area (TPSA) is 35.6 Å². The number of nitrogens with one attached hydrogen (secondary N) is 1. The summed E-state index contributed by atoms with van der Waals surface area (Å²) in [7, 11) is 5.80. The molecule has 0 aliphatic rings. The molecule has 0 saturated carbocycles. The Labute approximate surface area is 110 Å². The molecule has 1 N–H and O–H groups in total. The summed E-state index contributed by atoms with van der Waals surface area (Å²) in [5, 5.41) is 2.93. The third kappa shape index (κ3) is 4.37. The number of aryl methyl sites for hydroxylation is 2. The smallest absolute Gasteiger partial charge is 0.321 e. The van der Waals surface area contributed by atoms with Gasteiger partial charge in [-0.1, -0.05) is 17.7 Å². The van der Waals surface area contributed by atoms with E-state index in [1.807, 2.05) is 47.1 Å². The highest BCUT2D eigenvalue weighted by atomic mass is 16.2. The summed E-state index contributed by atoms with van der Waals surface area (Å²) >= 11 is 0. The van der Waals surface area contributed by atoms with Crippen molar-refractivity contribution in [1.29, 1.82) is 0 Å². The predicted molar refractivity (Wildman–Crippen MR) is 76.1 cm³/mol. The summed E-state index contributed by atoms with van der Waals surface area (Å²) < 4.78 is 0. The van der Waals surface area contributed by atoms with E-state index in [1.54, 1.807) is 4.90 Å². The van der Waals surface area contributed by atoms with Crippen LogP contribution in [0.3, 0.4) is 0 Å². The van der Waals surface area contributed by atoms with Crippen molar-refractivity contribution in [1.82, 2.24) is 9.80 Å². The van der Waals surface area contributed by atoms with E-state index >= 15 is 0 Å². The first-order valence-electron chi connectivity index (χ1n) is 6.14. The van der Waals surface area contributed by atoms with Gasteiger partial charge in [-0.05, 0) is 39.6 Å². The quantitative estimate of drug-likeness (QED) is 0.889. The van der Waals surface area contributed by atoms with Crippen LogP contribution in [0.1, 0.15) is 11.1 Å². The fourth-order valence-corrected chi connectivity index (χ4v) is 1.62. The third-order valence-corrected chi connectivity index (χ3v) is 2.85. The Bertz CT molecular complexity index is 416. The van der Waals surface area contributed by atoms with E-state index in [2.05, 4.69) is 16.3 Å². The number of urea groups is 1. The number of hydrogen-bond donors (Lipinski definition) is 1. The molecule has 100 valence electrons. The van der Waals surface area contributed by atoms with Crippen LogP contribution in [0.2, 0.25) is 0 Å². The number of benzene rings is 1. The first-order valence-corrected chi connectivity index (χ1v) is 6.14. The van der Waals surface area contributed by atoms with E-state index in [4.69, 9.17) is 0 Å². The molecule has 0 aliphatic carbocycles. The average Bonchev–Trinajstić information content (AvgIpc) is 2.29. The van der Waals surface area contributed by atoms with Crippen LogP contribution < -0.4 is 5.32 Å². The van der Waals surface area contributed by atoms with E-state index in [9.17, 15) is 4.79 Å². The van der Waals surface area contributed by atoms with E-state index in [1.165, 1.54) is 5.56 Å². The Morgan fingerprint density at radius 2 is 1.83 bits per heavy atom. The number of hydrogen-bond acceptors (Lipinski definition) is 2. The van der Waals surface area contributed by atoms with Gasteiger partial charge in [0.15, 0.2) is 0 Å². The van der Waals surface area contributed by atoms with Gasteiger partial charge in [0.2, 0.25) is 0 Å². The summed E-state index contributed by atoms with van der Waals surface area (Å²) in [6.07, 6.45) is 0. The van der Waals surface area contributed by atoms with Crippen molar-refractivity contribution in [3.05, 3.63) is 29.3 Å². The van der Waals surface area contributed by atoms with Gasteiger partial charge in [-0.25, -0.2) is 4.79 Å². The summed E-state index contributed by atoms with van der Waals surface area (Å²) in [6, 6.07) is 5.95. The second kappa shape index (κ2) is 6.40. The number of rotatable bonds is 4. The van der Waals surface area contributed by atoms with Crippen molar-refractivity contribution in [2.24, 2.45) is 0 Å². The minimum atomic E-state index is -0.0659. The van der Waals surface area contributed by atoms with E-state index in [0.717, 1.165) is 17.8 Å². The molecule has 0 heterocycles. The van der Waals surface area contributed by atoms with Gasteiger partial charge in [-0.15, -0.1) is 0 Å². The van der Waals surface area contributed by atoms with Crippen LogP contribution in [0.4, 0.5) is 10.5 Å². The Morgan fingerprint density at radius 3 is 2.39 bits per heavy atom. The molecule has 0 aliphatic heterocycles. The molecule has 1 aromatic rings. The Morgan fingerprint density at radius 1 is 1.17 bits per heavy atom. The summed E-state index contributed by atoms with van der Waals surface area (Å²) in [6.45, 7) is 5.62. The van der Waals surface area contributed by atoms with Crippen molar-refractivity contribution in [2.45, 2.75) is 13.8 Å². The van der Waals surface area contributed by atoms with Crippen LogP contribution in [-0.4, -0.2) is 50.1 Å². The van der Waals surface area contributed by atoms with Crippen LogP contribution in [0.25, 0.3) is 0 Å². The van der Waals surface area contributed by atoms with Gasteiger partial charge in [0, 0.05) is 25.8 Å². The molecule has 1 rings (SSSR count). The minimum absolute atomic E-state index is 0.0659. The van der Waals surface area contributed by atoms with Crippen LogP contribution in [-0.2, 0) is 0 Å². The van der Waals surface area contributed by atoms with Crippen LogP contribution in [0.5, 0.6) is 0 Å². The molecule has 4 heteroatoms. The average molecular weight is 249 g/mol. The normalized spacial score (nSPS) is 10.6. The van der Waals surface area contributed by atoms with Crippen LogP contribution in [0, 0.1) is 13.8 Å². The molecule has 4 nitrogen and oxygen atoms in total. The van der Waals surface area contributed by atoms with Gasteiger partial charge >= 0.3 is 6.03 Å². The second-order valence-corrected chi connectivity index (χ2v) is 4.97. The number of carbonyl (C=O) groups excluding carboxylic acids is 1. The van der Waals surface area contributed by atoms with Crippen molar-refractivity contribution >= 4 is 11.7 Å². The Hall–Kier alpha value is -1.55. The highest BCUT2D eigenvalue weighted by Gasteiger charge is 2.09. The van der Waals surface area contributed by atoms with E-state index in [-0.39, 0.29) is 6.03 Å². The monoisotopic (exact) mass is 249 g/mol. The molecule has 0 radical (unpaired) electrons. The number of likely N-dealkylation sites (N-methyl/N-ethyl adjacent to an activating group) is 2. The summed E-state index contributed by atoms with van der Waals surface area (Å²) in [5.41, 5.74) is 3.16. The van der Waals surface area contributed by atoms with E-state index in [0.29, 0.717) is 6.54 Å². The van der Waals surface area contributed by atoms with Gasteiger partial charge < -0.3 is 15.1 Å². The van der Waals surface area contributed by atoms with Gasteiger partial charge in [0.05, 0.1) is 0 Å². The molecular formula is C14H23N3O. The van der Waals surface area contributed by atoms with Crippen molar-refractivity contribution in [2.75, 3.05) is 39.5 Å². The zero-order chi connectivity index (χ0) is 13.7. The third-order valence-electron chi connectivity index (χ3n) is 2.85. The minimum Gasteiger partial charge on any atom is -0.326 e. The lowest BCUT2D eigenvalue weighted by atomic mass is 10.1. The number of nitrogens with zero attached hydrogens (tertiary/aromatic N) is 2. The van der Waals surface area contributed by atoms with Crippen LogP contribution in [0.15, 0.2) is 18.2 Å². The Balaban J connectivity index is 2.58. The van der Waals surface area contributed by atoms with E-state index < -0.39 is 0 Å². The molecule has 2 amide bonds. The predicted octanol–water partition coefficient (Wildman–Crippen LogP) is 2.33. The number of anilines is 1. The fraction of sp³-hybridized carbons (Fsp3) is 0.500. The molecule has 0 saturated heterocycles. The lowest BCUT2D eigenvalue weighted by Crippen LogP contribution is -2.36. The zero-order valence-corrected chi connectivity index (χ0v) is 11.9. The second-order valence-electron chi connectivity index (χ2n) is 4.97. The van der Waals surface area contributed by atoms with Gasteiger partial charge in [0.1, 0.15) is 0 Å². The maximum atomic E-state index is 12.0. The molecule has 0 spiro atoms. The van der Waals surface area contributed by atoms with Gasteiger partial charge in [0.25, 0.3) is 0 Å². The largest absolute Gasteiger partial charge is 0.326 e. The zero-order valence-electron chi connectivity index (χ0n) is 11.9. The molecule has 0 bridgehead atoms. The standard InChI is InChI=1S/C14H23N3O/c1-11-6-7-13(12(2)10-11)15-14(18)17(5)9-8-16(3)4/h6-7,10H,8-9H2,1-5H3,(H,15,18). The Kier molecular flexibility index (Phi) is 5.16. The summed E-state index contributed by atoms with van der Waals surface area (Å²) in [4.78, 5) is 15.7. The van der Waals surface area contributed by atoms with Crippen molar-refractivity contribution in [3.63, 3.8) is 0 Å². The summed E-state index contributed by atoms with van der Waals surface area (Å²) in [5.74, 6) is 0. The molecule has 0 atom stereocenters. The van der Waals surface area contributed by atoms with Crippen LogP contribution >= 0.6 is 0 Å². The highest BCUT2D eigenvalue weighted by molar-refractivity contribution is 5.90. The molecule has 18 heavy (non-hydrogen) atoms. The molecular weight excluding hydrogens is 226 g/mol. The first kappa shape index (κ1) is 14.5. The maximum Gasteiger partial charge on any atom is 0.321 e. The van der Waals surface area contributed by atoms with Gasteiger partial charge in [-0.2, -0.15) is 0 Å². The lowest BCUT2D eigenvalue weighted by molar-refractivity contribution is 0.217. The highest BCUT2D eigenvalue weighted by Crippen LogP contribution is 2.16. The molecule has 0 unspecified atom stereocenters. The molecule has 1 aromatic carbocycles. The molecule has 0 fully saturated rings. The molecule has 0 aromatic heterocycles.